The minimum Gasteiger partial charge on any atom is -0.364 e. The summed E-state index contributed by atoms with van der Waals surface area (Å²) >= 11 is 0. The molecule has 0 bridgehead atoms. The molecule has 1 aliphatic heterocycles. The molecule has 26 heavy (non-hydrogen) atoms. The number of nitrogens with one attached hydrogen (secondary N) is 3. The first-order valence-corrected chi connectivity index (χ1v) is 8.78. The highest BCUT2D eigenvalue weighted by atomic mass is 16.2. The Bertz CT molecular complexity index is 828. The number of anilines is 1. The zero-order chi connectivity index (χ0) is 18.7. The molecule has 0 unspecified atom stereocenters. The molecular weight excluding hydrogens is 332 g/mol. The molecule has 1 saturated heterocycles. The Labute approximate surface area is 152 Å². The van der Waals surface area contributed by atoms with Crippen LogP contribution < -0.4 is 10.6 Å². The van der Waals surface area contributed by atoms with E-state index in [1.807, 2.05) is 13.8 Å². The van der Waals surface area contributed by atoms with E-state index in [1.54, 1.807) is 17.3 Å². The predicted octanol–water partition coefficient (Wildman–Crippen LogP) is 1.54. The minimum absolute atomic E-state index is 0.0643. The summed E-state index contributed by atoms with van der Waals surface area (Å²) in [7, 11) is 0. The Morgan fingerprint density at radius 2 is 2.31 bits per heavy atom. The van der Waals surface area contributed by atoms with Crippen LogP contribution in [-0.2, 0) is 4.79 Å². The van der Waals surface area contributed by atoms with Gasteiger partial charge in [-0.2, -0.15) is 0 Å². The van der Waals surface area contributed by atoms with Crippen LogP contribution in [0.25, 0.3) is 11.2 Å². The van der Waals surface area contributed by atoms with Gasteiger partial charge in [-0.25, -0.2) is 9.97 Å². The minimum atomic E-state index is -0.167. The van der Waals surface area contributed by atoms with Gasteiger partial charge in [0, 0.05) is 31.9 Å². The lowest BCUT2D eigenvalue weighted by Gasteiger charge is -2.15. The molecule has 0 aromatic carbocycles. The van der Waals surface area contributed by atoms with E-state index in [-0.39, 0.29) is 17.9 Å². The van der Waals surface area contributed by atoms with Crippen molar-refractivity contribution in [3.05, 3.63) is 30.6 Å². The number of fused-ring (bicyclic) bond motifs is 1. The summed E-state index contributed by atoms with van der Waals surface area (Å²) in [5.74, 6) is 0.731. The van der Waals surface area contributed by atoms with E-state index in [1.165, 1.54) is 6.08 Å². The number of hydrogen-bond acceptors (Lipinski definition) is 5. The molecule has 3 rings (SSSR count). The molecule has 0 spiro atoms. The lowest BCUT2D eigenvalue weighted by molar-refractivity contribution is -0.125. The monoisotopic (exact) mass is 356 g/mol. The van der Waals surface area contributed by atoms with Crippen molar-refractivity contribution in [1.29, 1.82) is 0 Å². The Balaban J connectivity index is 1.72. The number of aromatic amines is 1. The maximum Gasteiger partial charge on any atom is 0.255 e. The number of rotatable bonds is 6. The van der Waals surface area contributed by atoms with Gasteiger partial charge >= 0.3 is 0 Å². The molecule has 2 aromatic heterocycles. The summed E-state index contributed by atoms with van der Waals surface area (Å²) in [6.07, 6.45) is 5.42. The highest BCUT2D eigenvalue weighted by Crippen LogP contribution is 2.19. The third-order valence-corrected chi connectivity index (χ3v) is 4.32. The van der Waals surface area contributed by atoms with Crippen molar-refractivity contribution >= 4 is 28.8 Å². The van der Waals surface area contributed by atoms with Crippen LogP contribution >= 0.6 is 0 Å². The number of hydrogen-bond donors (Lipinski definition) is 3. The molecule has 2 aromatic rings. The summed E-state index contributed by atoms with van der Waals surface area (Å²) in [6, 6.07) is 0.0998. The van der Waals surface area contributed by atoms with Gasteiger partial charge in [0.15, 0.2) is 5.65 Å². The standard InChI is InChI=1S/C18H24N6O2/c1-4-15(25)24-6-5-12(10-24)22-14-9-20-17-16(23-14)13(8-19-17)18(26)21-7-11(2)3/h4,8-9,11-12H,1,5-7,10H2,2-3H3,(H,19,20)(H,21,26)(H,22,23)/t12-/m1/s1. The smallest absolute Gasteiger partial charge is 0.255 e. The second-order valence-corrected chi connectivity index (χ2v) is 6.88. The third kappa shape index (κ3) is 3.84. The van der Waals surface area contributed by atoms with Crippen molar-refractivity contribution in [2.24, 2.45) is 5.92 Å². The first-order chi connectivity index (χ1) is 12.5. The fourth-order valence-electron chi connectivity index (χ4n) is 2.94. The number of amides is 2. The van der Waals surface area contributed by atoms with Gasteiger partial charge in [-0.05, 0) is 18.4 Å². The molecule has 0 radical (unpaired) electrons. The van der Waals surface area contributed by atoms with E-state index in [0.29, 0.717) is 48.1 Å². The van der Waals surface area contributed by atoms with Crippen LogP contribution in [0.5, 0.6) is 0 Å². The second-order valence-electron chi connectivity index (χ2n) is 6.88. The summed E-state index contributed by atoms with van der Waals surface area (Å²) in [5, 5.41) is 6.19. The van der Waals surface area contributed by atoms with Crippen LogP contribution in [0.3, 0.4) is 0 Å². The van der Waals surface area contributed by atoms with Crippen LogP contribution in [-0.4, -0.2) is 57.3 Å². The van der Waals surface area contributed by atoms with Crippen molar-refractivity contribution in [2.45, 2.75) is 26.3 Å². The molecule has 8 heteroatoms. The van der Waals surface area contributed by atoms with Crippen molar-refractivity contribution in [3.8, 4) is 0 Å². The zero-order valence-electron chi connectivity index (χ0n) is 15.1. The summed E-state index contributed by atoms with van der Waals surface area (Å²) < 4.78 is 0. The summed E-state index contributed by atoms with van der Waals surface area (Å²) in [4.78, 5) is 37.7. The van der Waals surface area contributed by atoms with Crippen LogP contribution in [0.4, 0.5) is 5.82 Å². The third-order valence-electron chi connectivity index (χ3n) is 4.32. The number of carbonyl (C=O) groups is 2. The summed E-state index contributed by atoms with van der Waals surface area (Å²) in [6.45, 7) is 9.49. The van der Waals surface area contributed by atoms with E-state index in [2.05, 4.69) is 32.2 Å². The maximum atomic E-state index is 12.4. The fourth-order valence-corrected chi connectivity index (χ4v) is 2.94. The molecule has 1 aliphatic rings. The van der Waals surface area contributed by atoms with E-state index < -0.39 is 0 Å². The van der Waals surface area contributed by atoms with Crippen molar-refractivity contribution < 1.29 is 9.59 Å². The number of nitrogens with zero attached hydrogens (tertiary/aromatic N) is 3. The first kappa shape index (κ1) is 17.9. The van der Waals surface area contributed by atoms with Gasteiger partial charge in [-0.3, -0.25) is 9.59 Å². The van der Waals surface area contributed by atoms with Gasteiger partial charge in [0.1, 0.15) is 11.3 Å². The molecule has 138 valence electrons. The largest absolute Gasteiger partial charge is 0.364 e. The van der Waals surface area contributed by atoms with Crippen molar-refractivity contribution in [2.75, 3.05) is 25.0 Å². The van der Waals surface area contributed by atoms with E-state index in [0.717, 1.165) is 6.42 Å². The number of likely N-dealkylation sites (tertiary alicyclic amines) is 1. The highest BCUT2D eigenvalue weighted by molar-refractivity contribution is 6.04. The topological polar surface area (TPSA) is 103 Å². The van der Waals surface area contributed by atoms with Gasteiger partial charge in [0.05, 0.1) is 11.8 Å². The Kier molecular flexibility index (Phi) is 5.20. The second kappa shape index (κ2) is 7.55. The molecule has 2 amide bonds. The normalized spacial score (nSPS) is 16.9. The average molecular weight is 356 g/mol. The van der Waals surface area contributed by atoms with Gasteiger partial charge in [-0.15, -0.1) is 0 Å². The first-order valence-electron chi connectivity index (χ1n) is 8.78. The number of carbonyl (C=O) groups excluding carboxylic acids is 2. The van der Waals surface area contributed by atoms with Crippen LogP contribution in [0.1, 0.15) is 30.6 Å². The molecular formula is C18H24N6O2. The van der Waals surface area contributed by atoms with Gasteiger partial charge < -0.3 is 20.5 Å². The number of aromatic nitrogens is 3. The molecule has 1 fully saturated rings. The molecule has 8 nitrogen and oxygen atoms in total. The predicted molar refractivity (Wildman–Crippen MR) is 99.9 cm³/mol. The molecule has 0 saturated carbocycles. The lowest BCUT2D eigenvalue weighted by Crippen LogP contribution is -2.30. The summed E-state index contributed by atoms with van der Waals surface area (Å²) in [5.41, 5.74) is 1.58. The molecule has 0 aliphatic carbocycles. The van der Waals surface area contributed by atoms with Gasteiger partial charge in [0.25, 0.3) is 5.91 Å². The quantitative estimate of drug-likeness (QED) is 0.681. The molecule has 3 heterocycles. The molecule has 1 atom stereocenters. The Morgan fingerprint density at radius 1 is 1.50 bits per heavy atom. The average Bonchev–Trinajstić information content (AvgIpc) is 3.25. The van der Waals surface area contributed by atoms with E-state index in [9.17, 15) is 9.59 Å². The lowest BCUT2D eigenvalue weighted by atomic mass is 10.2. The van der Waals surface area contributed by atoms with Crippen molar-refractivity contribution in [1.82, 2.24) is 25.2 Å². The zero-order valence-corrected chi connectivity index (χ0v) is 15.1. The SMILES string of the molecule is C=CC(=O)N1CC[C@@H](Nc2cnc3[nH]cc(C(=O)NCC(C)C)c3n2)C1. The Hall–Kier alpha value is -2.90. The highest BCUT2D eigenvalue weighted by Gasteiger charge is 2.25. The van der Waals surface area contributed by atoms with Crippen LogP contribution in [0.2, 0.25) is 0 Å². The molecule has 3 N–H and O–H groups in total. The Morgan fingerprint density at radius 3 is 3.04 bits per heavy atom. The number of H-pyrrole nitrogens is 1. The van der Waals surface area contributed by atoms with Crippen molar-refractivity contribution in [3.63, 3.8) is 0 Å². The van der Waals surface area contributed by atoms with Crippen LogP contribution in [0, 0.1) is 5.92 Å². The van der Waals surface area contributed by atoms with Crippen LogP contribution in [0.15, 0.2) is 25.0 Å². The van der Waals surface area contributed by atoms with E-state index >= 15 is 0 Å². The fraction of sp³-hybridized carbons (Fsp3) is 0.444. The van der Waals surface area contributed by atoms with Gasteiger partial charge in [-0.1, -0.05) is 20.4 Å². The van der Waals surface area contributed by atoms with Gasteiger partial charge in [0.2, 0.25) is 5.91 Å². The maximum absolute atomic E-state index is 12.4. The van der Waals surface area contributed by atoms with E-state index in [4.69, 9.17) is 0 Å².